The molecule has 0 N–H and O–H groups in total. The highest BCUT2D eigenvalue weighted by atomic mass is 16.5. The van der Waals surface area contributed by atoms with Crippen LogP contribution >= 0.6 is 0 Å². The Hall–Kier alpha value is -1.69. The van der Waals surface area contributed by atoms with Gasteiger partial charge in [0.1, 0.15) is 0 Å². The van der Waals surface area contributed by atoms with Crippen molar-refractivity contribution in [2.45, 2.75) is 13.8 Å². The molecule has 74 valence electrons. The average molecular weight is 191 g/mol. The molecule has 1 aromatic rings. The first kappa shape index (κ1) is 10.4. The average Bonchev–Trinajstić information content (AvgIpc) is 2.21. The Bertz CT molecular complexity index is 342. The van der Waals surface area contributed by atoms with Crippen LogP contribution in [0.4, 0.5) is 5.69 Å². The van der Waals surface area contributed by atoms with Crippen molar-refractivity contribution in [1.29, 1.82) is 0 Å². The second-order valence-electron chi connectivity index (χ2n) is 2.61. The van der Waals surface area contributed by atoms with Crippen molar-refractivity contribution in [3.63, 3.8) is 0 Å². The third-order valence-electron chi connectivity index (χ3n) is 1.66. The first-order valence-corrected chi connectivity index (χ1v) is 4.59. The van der Waals surface area contributed by atoms with Gasteiger partial charge in [0.15, 0.2) is 17.2 Å². The lowest BCUT2D eigenvalue weighted by Gasteiger charge is -2.10. The second-order valence-corrected chi connectivity index (χ2v) is 2.61. The number of rotatable bonds is 4. The Morgan fingerprint density at radius 2 is 1.79 bits per heavy atom. The standard InChI is InChI=1S/C11H13NO2/c1-4-13-10-7-6-9(12-3)8-11(10)14-5-2/h6-8H,4-5H2,1-2H3. The molecule has 14 heavy (non-hydrogen) atoms. The van der Waals surface area contributed by atoms with E-state index < -0.39 is 0 Å². The van der Waals surface area contributed by atoms with Crippen LogP contribution < -0.4 is 9.47 Å². The number of benzene rings is 1. The van der Waals surface area contributed by atoms with Gasteiger partial charge in [-0.05, 0) is 26.0 Å². The summed E-state index contributed by atoms with van der Waals surface area (Å²) in [6, 6.07) is 5.18. The van der Waals surface area contributed by atoms with Crippen LogP contribution in [0.5, 0.6) is 11.5 Å². The topological polar surface area (TPSA) is 22.8 Å². The molecule has 0 atom stereocenters. The molecule has 0 bridgehead atoms. The largest absolute Gasteiger partial charge is 0.491 e. The summed E-state index contributed by atoms with van der Waals surface area (Å²) >= 11 is 0. The fourth-order valence-electron chi connectivity index (χ4n) is 1.11. The molecule has 0 aliphatic carbocycles. The number of ether oxygens (including phenoxy) is 2. The van der Waals surface area contributed by atoms with Gasteiger partial charge in [-0.2, -0.15) is 0 Å². The maximum Gasteiger partial charge on any atom is 0.191 e. The smallest absolute Gasteiger partial charge is 0.191 e. The lowest BCUT2D eigenvalue weighted by Crippen LogP contribution is -1.97. The Morgan fingerprint density at radius 1 is 1.14 bits per heavy atom. The highest BCUT2D eigenvalue weighted by Gasteiger charge is 2.04. The second kappa shape index (κ2) is 5.13. The quantitative estimate of drug-likeness (QED) is 0.683. The third kappa shape index (κ3) is 2.40. The van der Waals surface area contributed by atoms with Gasteiger partial charge in [0, 0.05) is 0 Å². The maximum atomic E-state index is 6.87. The SMILES string of the molecule is [C-]#[N+]c1ccc(OCC)c(OCC)c1. The molecule has 0 amide bonds. The Balaban J connectivity index is 2.98. The highest BCUT2D eigenvalue weighted by Crippen LogP contribution is 2.31. The number of hydrogen-bond donors (Lipinski definition) is 0. The van der Waals surface area contributed by atoms with E-state index in [1.165, 1.54) is 0 Å². The Kier molecular flexibility index (Phi) is 3.81. The molecule has 0 radical (unpaired) electrons. The summed E-state index contributed by atoms with van der Waals surface area (Å²) in [5.41, 5.74) is 0.567. The molecule has 0 saturated heterocycles. The Morgan fingerprint density at radius 3 is 2.36 bits per heavy atom. The van der Waals surface area contributed by atoms with Crippen LogP contribution in [0.2, 0.25) is 0 Å². The van der Waals surface area contributed by atoms with Crippen molar-refractivity contribution in [2.75, 3.05) is 13.2 Å². The summed E-state index contributed by atoms with van der Waals surface area (Å²) in [6.07, 6.45) is 0. The molecule has 0 unspecified atom stereocenters. The van der Waals surface area contributed by atoms with Crippen LogP contribution in [0.1, 0.15) is 13.8 Å². The summed E-state index contributed by atoms with van der Waals surface area (Å²) in [7, 11) is 0. The zero-order valence-corrected chi connectivity index (χ0v) is 8.41. The van der Waals surface area contributed by atoms with Crippen molar-refractivity contribution in [3.8, 4) is 11.5 Å². The van der Waals surface area contributed by atoms with E-state index >= 15 is 0 Å². The van der Waals surface area contributed by atoms with E-state index in [0.717, 1.165) is 0 Å². The monoisotopic (exact) mass is 191 g/mol. The van der Waals surface area contributed by atoms with E-state index in [-0.39, 0.29) is 0 Å². The summed E-state index contributed by atoms with van der Waals surface area (Å²) in [5.74, 6) is 1.34. The summed E-state index contributed by atoms with van der Waals surface area (Å²) in [5, 5.41) is 0. The minimum absolute atomic E-state index is 0.567. The normalized spacial score (nSPS) is 9.21. The van der Waals surface area contributed by atoms with E-state index in [2.05, 4.69) is 4.85 Å². The maximum absolute atomic E-state index is 6.87. The third-order valence-corrected chi connectivity index (χ3v) is 1.66. The first-order valence-electron chi connectivity index (χ1n) is 4.59. The summed E-state index contributed by atoms with van der Waals surface area (Å²) < 4.78 is 10.7. The van der Waals surface area contributed by atoms with E-state index in [1.807, 2.05) is 13.8 Å². The van der Waals surface area contributed by atoms with Crippen LogP contribution in [0.15, 0.2) is 18.2 Å². The van der Waals surface area contributed by atoms with Crippen molar-refractivity contribution < 1.29 is 9.47 Å². The van der Waals surface area contributed by atoms with Crippen molar-refractivity contribution in [3.05, 3.63) is 29.6 Å². The molecule has 0 heterocycles. The zero-order valence-electron chi connectivity index (χ0n) is 8.41. The van der Waals surface area contributed by atoms with Gasteiger partial charge in [0.25, 0.3) is 0 Å². The van der Waals surface area contributed by atoms with Crippen LogP contribution in [0.3, 0.4) is 0 Å². The first-order chi connectivity index (χ1) is 6.81. The Labute approximate surface area is 84.1 Å². The van der Waals surface area contributed by atoms with E-state index in [1.54, 1.807) is 18.2 Å². The van der Waals surface area contributed by atoms with Crippen LogP contribution in [-0.2, 0) is 0 Å². The molecule has 3 nitrogen and oxygen atoms in total. The van der Waals surface area contributed by atoms with Gasteiger partial charge < -0.3 is 9.47 Å². The summed E-state index contributed by atoms with van der Waals surface area (Å²) in [6.45, 7) is 11.9. The van der Waals surface area contributed by atoms with Crippen LogP contribution in [-0.4, -0.2) is 13.2 Å². The lowest BCUT2D eigenvalue weighted by atomic mass is 10.3. The van der Waals surface area contributed by atoms with Crippen molar-refractivity contribution in [2.24, 2.45) is 0 Å². The number of nitrogens with zero attached hydrogens (tertiary/aromatic N) is 1. The molecule has 1 rings (SSSR count). The van der Waals surface area contributed by atoms with Gasteiger partial charge in [0.2, 0.25) is 0 Å². The minimum atomic E-state index is 0.567. The van der Waals surface area contributed by atoms with Gasteiger partial charge in [-0.3, -0.25) is 0 Å². The van der Waals surface area contributed by atoms with E-state index in [4.69, 9.17) is 16.0 Å². The minimum Gasteiger partial charge on any atom is -0.491 e. The zero-order chi connectivity index (χ0) is 10.4. The van der Waals surface area contributed by atoms with Gasteiger partial charge >= 0.3 is 0 Å². The highest BCUT2D eigenvalue weighted by molar-refractivity contribution is 5.55. The predicted molar refractivity (Wildman–Crippen MR) is 55.0 cm³/mol. The van der Waals surface area contributed by atoms with Gasteiger partial charge in [-0.1, -0.05) is 6.07 Å². The number of hydrogen-bond acceptors (Lipinski definition) is 2. The molecule has 0 saturated carbocycles. The molecular formula is C11H13NO2. The van der Waals surface area contributed by atoms with E-state index in [9.17, 15) is 0 Å². The molecular weight excluding hydrogens is 178 g/mol. The molecule has 0 aromatic heterocycles. The van der Waals surface area contributed by atoms with Crippen LogP contribution in [0, 0.1) is 6.57 Å². The predicted octanol–water partition coefficient (Wildman–Crippen LogP) is 3.03. The molecule has 3 heteroatoms. The van der Waals surface area contributed by atoms with Crippen molar-refractivity contribution in [1.82, 2.24) is 0 Å². The summed E-state index contributed by atoms with van der Waals surface area (Å²) in [4.78, 5) is 3.33. The van der Waals surface area contributed by atoms with Gasteiger partial charge in [-0.25, -0.2) is 4.85 Å². The molecule has 0 fully saturated rings. The molecule has 0 aliphatic heterocycles. The molecule has 0 aliphatic rings. The van der Waals surface area contributed by atoms with Gasteiger partial charge in [0.05, 0.1) is 19.8 Å². The molecule has 1 aromatic carbocycles. The lowest BCUT2D eigenvalue weighted by molar-refractivity contribution is 0.288. The molecule has 0 spiro atoms. The fraction of sp³-hybridized carbons (Fsp3) is 0.364. The van der Waals surface area contributed by atoms with Crippen LogP contribution in [0.25, 0.3) is 4.85 Å². The van der Waals surface area contributed by atoms with Crippen molar-refractivity contribution >= 4 is 5.69 Å². The van der Waals surface area contributed by atoms with Gasteiger partial charge in [-0.15, -0.1) is 0 Å². The fourth-order valence-corrected chi connectivity index (χ4v) is 1.11. The van der Waals surface area contributed by atoms with E-state index in [0.29, 0.717) is 30.4 Å².